The second kappa shape index (κ2) is 12.7. The van der Waals surface area contributed by atoms with Crippen molar-refractivity contribution >= 4 is 23.2 Å². The molecule has 0 bridgehead atoms. The molecule has 6 heterocycles. The van der Waals surface area contributed by atoms with Crippen molar-refractivity contribution in [1.29, 1.82) is 0 Å². The third-order valence-electron chi connectivity index (χ3n) is 10.3. The number of benzene rings is 1. The maximum absolute atomic E-state index is 14.4. The molecule has 4 aliphatic rings. The highest BCUT2D eigenvalue weighted by Gasteiger charge is 2.43. The van der Waals surface area contributed by atoms with E-state index in [1.54, 1.807) is 17.0 Å². The fourth-order valence-corrected chi connectivity index (χ4v) is 7.68. The molecule has 3 aromatic rings. The molecule has 0 unspecified atom stereocenters. The van der Waals surface area contributed by atoms with Crippen LogP contribution in [0.25, 0.3) is 5.65 Å². The highest BCUT2D eigenvalue weighted by Crippen LogP contribution is 2.42. The van der Waals surface area contributed by atoms with E-state index in [1.165, 1.54) is 12.1 Å². The zero-order valence-electron chi connectivity index (χ0n) is 27.8. The molecule has 1 amide bonds. The number of nitrogens with one attached hydrogen (secondary N) is 1. The van der Waals surface area contributed by atoms with Crippen molar-refractivity contribution in [1.82, 2.24) is 29.7 Å². The van der Waals surface area contributed by atoms with Crippen LogP contribution in [0, 0.1) is 5.82 Å². The number of amides is 1. The second-order valence-corrected chi connectivity index (χ2v) is 14.6. The Bertz CT molecular complexity index is 1610. The summed E-state index contributed by atoms with van der Waals surface area (Å²) in [6.07, 6.45) is -1.28. The van der Waals surface area contributed by atoms with Gasteiger partial charge in [0.2, 0.25) is 11.9 Å². The molecule has 3 fully saturated rings. The summed E-state index contributed by atoms with van der Waals surface area (Å²) in [6, 6.07) is 9.30. The molecule has 2 aromatic heterocycles. The summed E-state index contributed by atoms with van der Waals surface area (Å²) in [7, 11) is 0. The number of aliphatic hydroxyl groups excluding tert-OH is 2. The first-order valence-electron chi connectivity index (χ1n) is 16.8. The quantitative estimate of drug-likeness (QED) is 0.342. The number of carbonyl (C=O) groups excluding carboxylic acids is 1. The van der Waals surface area contributed by atoms with Crippen LogP contribution in [0.3, 0.4) is 0 Å². The lowest BCUT2D eigenvalue weighted by Crippen LogP contribution is -2.62. The number of piperazine rings is 1. The van der Waals surface area contributed by atoms with Gasteiger partial charge in [-0.3, -0.25) is 14.6 Å². The van der Waals surface area contributed by atoms with E-state index in [9.17, 15) is 19.4 Å². The summed E-state index contributed by atoms with van der Waals surface area (Å²) in [5.74, 6) is 0.167. The number of pyridine rings is 1. The lowest BCUT2D eigenvalue weighted by molar-refractivity contribution is -0.121. The standard InChI is InChI=1S/C34H47FN8O4/c1-21-14-40(26(13-36-21)15-39-9-10-47-19-22(39)2)18-30(46)42-20-34(3,4)31-27(42)12-24(11-23-5-7-25(35)8-6-23)32-37-33(38-43(31)32)41-16-28(44)29(45)17-41/h5-8,12,21-22,26,28-29,36,44-45H,9-11,13-20H2,1-4H3/t21-,22-,26-,28-,29+/m1/s1. The molecule has 0 radical (unpaired) electrons. The molecule has 4 aliphatic heterocycles. The highest BCUT2D eigenvalue weighted by atomic mass is 19.1. The number of nitrogens with zero attached hydrogens (tertiary/aromatic N) is 7. The molecular weight excluding hydrogens is 603 g/mol. The minimum atomic E-state index is -0.876. The highest BCUT2D eigenvalue weighted by molar-refractivity contribution is 5.98. The van der Waals surface area contributed by atoms with E-state index in [2.05, 4.69) is 48.9 Å². The normalized spacial score (nSPS) is 28.4. The Morgan fingerprint density at radius 2 is 1.85 bits per heavy atom. The number of aliphatic hydroxyl groups is 2. The van der Waals surface area contributed by atoms with Crippen molar-refractivity contribution in [3.8, 4) is 0 Å². The smallest absolute Gasteiger partial charge is 0.245 e. The number of aromatic nitrogens is 3. The van der Waals surface area contributed by atoms with Crippen molar-refractivity contribution in [3.63, 3.8) is 0 Å². The molecule has 13 heteroatoms. The van der Waals surface area contributed by atoms with E-state index in [0.717, 1.165) is 61.9 Å². The van der Waals surface area contributed by atoms with Crippen LogP contribution in [-0.4, -0.2) is 136 Å². The minimum Gasteiger partial charge on any atom is -0.388 e. The molecule has 12 nitrogen and oxygen atoms in total. The second-order valence-electron chi connectivity index (χ2n) is 14.6. The van der Waals surface area contributed by atoms with Crippen LogP contribution in [0.15, 0.2) is 30.3 Å². The first-order valence-corrected chi connectivity index (χ1v) is 16.8. The van der Waals surface area contributed by atoms with Crippen molar-refractivity contribution < 1.29 is 24.1 Å². The predicted octanol–water partition coefficient (Wildman–Crippen LogP) is 1.01. The van der Waals surface area contributed by atoms with Crippen LogP contribution >= 0.6 is 0 Å². The molecule has 47 heavy (non-hydrogen) atoms. The minimum absolute atomic E-state index is 0.0455. The summed E-state index contributed by atoms with van der Waals surface area (Å²) in [5, 5.41) is 29.0. The molecule has 0 aliphatic carbocycles. The molecule has 0 saturated carbocycles. The maximum atomic E-state index is 14.4. The Morgan fingerprint density at radius 1 is 1.11 bits per heavy atom. The van der Waals surface area contributed by atoms with Gasteiger partial charge in [0.25, 0.3) is 0 Å². The number of ether oxygens (including phenoxy) is 1. The van der Waals surface area contributed by atoms with Gasteiger partial charge in [-0.15, -0.1) is 5.10 Å². The fraction of sp³-hybridized carbons (Fsp3) is 0.618. The van der Waals surface area contributed by atoms with Gasteiger partial charge in [0.15, 0.2) is 5.65 Å². The maximum Gasteiger partial charge on any atom is 0.245 e. The van der Waals surface area contributed by atoms with Gasteiger partial charge < -0.3 is 30.1 Å². The van der Waals surface area contributed by atoms with E-state index >= 15 is 0 Å². The number of rotatable bonds is 7. The Kier molecular flexibility index (Phi) is 8.73. The average molecular weight is 651 g/mol. The Hall–Kier alpha value is -3.20. The fourth-order valence-electron chi connectivity index (χ4n) is 7.68. The average Bonchev–Trinajstić information content (AvgIpc) is 3.69. The lowest BCUT2D eigenvalue weighted by Gasteiger charge is -2.43. The van der Waals surface area contributed by atoms with Gasteiger partial charge in [0.05, 0.1) is 43.3 Å². The Morgan fingerprint density at radius 3 is 2.57 bits per heavy atom. The van der Waals surface area contributed by atoms with Gasteiger partial charge in [-0.1, -0.05) is 26.0 Å². The molecule has 1 aromatic carbocycles. The zero-order chi connectivity index (χ0) is 33.0. The molecule has 5 atom stereocenters. The monoisotopic (exact) mass is 650 g/mol. The van der Waals surface area contributed by atoms with Crippen LogP contribution in [0.5, 0.6) is 0 Å². The number of hydrogen-bond acceptors (Lipinski definition) is 10. The summed E-state index contributed by atoms with van der Waals surface area (Å²) >= 11 is 0. The Labute approximate surface area is 275 Å². The zero-order valence-corrected chi connectivity index (χ0v) is 27.8. The molecule has 0 spiro atoms. The summed E-state index contributed by atoms with van der Waals surface area (Å²) in [4.78, 5) is 27.8. The van der Waals surface area contributed by atoms with E-state index in [4.69, 9.17) is 14.8 Å². The Balaban J connectivity index is 1.23. The summed E-state index contributed by atoms with van der Waals surface area (Å²) in [5.41, 5.74) is 3.71. The lowest BCUT2D eigenvalue weighted by atomic mass is 9.90. The number of β-amino-alcohol motifs (C(OH)–C–C–N with tert-alkyl or cyclic N) is 2. The van der Waals surface area contributed by atoms with Crippen molar-refractivity contribution in [2.75, 3.05) is 75.4 Å². The molecule has 7 rings (SSSR count). The van der Waals surface area contributed by atoms with Gasteiger partial charge in [-0.2, -0.15) is 4.98 Å². The van der Waals surface area contributed by atoms with E-state index in [1.807, 2.05) is 9.42 Å². The van der Waals surface area contributed by atoms with Gasteiger partial charge in [0, 0.05) is 81.3 Å². The van der Waals surface area contributed by atoms with Gasteiger partial charge in [-0.25, -0.2) is 8.91 Å². The van der Waals surface area contributed by atoms with Gasteiger partial charge in [0.1, 0.15) is 5.82 Å². The summed E-state index contributed by atoms with van der Waals surface area (Å²) < 4.78 is 21.3. The molecular formula is C34H47FN8O4. The number of morpholine rings is 1. The van der Waals surface area contributed by atoms with Crippen LogP contribution in [0.1, 0.15) is 44.5 Å². The molecule has 3 N–H and O–H groups in total. The number of fused-ring (bicyclic) bond motifs is 3. The van der Waals surface area contributed by atoms with Crippen molar-refractivity contribution in [3.05, 3.63) is 53.0 Å². The third kappa shape index (κ3) is 6.36. The first-order chi connectivity index (χ1) is 22.5. The van der Waals surface area contributed by atoms with Crippen LogP contribution in [-0.2, 0) is 21.4 Å². The molecule has 3 saturated heterocycles. The van der Waals surface area contributed by atoms with Crippen molar-refractivity contribution in [2.24, 2.45) is 0 Å². The van der Waals surface area contributed by atoms with E-state index in [-0.39, 0.29) is 36.9 Å². The predicted molar refractivity (Wildman–Crippen MR) is 176 cm³/mol. The SMILES string of the molecule is C[C@@H]1CN(CC(=O)N2CC(C)(C)c3c2cc(Cc2ccc(F)cc2)c2nc(N4C[C@@H](O)[C@@H](O)C4)nn32)[C@@H](CN2CCOC[C@H]2C)CN1. The van der Waals surface area contributed by atoms with Crippen LogP contribution in [0.2, 0.25) is 0 Å². The number of halogens is 1. The van der Waals surface area contributed by atoms with Crippen molar-refractivity contribution in [2.45, 2.75) is 69.9 Å². The number of carbonyl (C=O) groups is 1. The molecule has 254 valence electrons. The largest absolute Gasteiger partial charge is 0.388 e. The summed E-state index contributed by atoms with van der Waals surface area (Å²) in [6.45, 7) is 14.7. The number of anilines is 2. The first kappa shape index (κ1) is 32.4. The van der Waals surface area contributed by atoms with Crippen LogP contribution < -0.4 is 15.1 Å². The third-order valence-corrected chi connectivity index (χ3v) is 10.3. The van der Waals surface area contributed by atoms with E-state index in [0.29, 0.717) is 37.1 Å². The topological polar surface area (TPSA) is 122 Å². The number of hydrogen-bond donors (Lipinski definition) is 3. The van der Waals surface area contributed by atoms with Crippen LogP contribution in [0.4, 0.5) is 16.0 Å². The van der Waals surface area contributed by atoms with E-state index < -0.39 is 17.6 Å². The van der Waals surface area contributed by atoms with Gasteiger partial charge >= 0.3 is 0 Å². The van der Waals surface area contributed by atoms with Gasteiger partial charge in [-0.05, 0) is 37.6 Å².